The van der Waals surface area contributed by atoms with Gasteiger partial charge in [0.05, 0.1) is 6.61 Å². The predicted octanol–water partition coefficient (Wildman–Crippen LogP) is 8.57. The molecular formula is C33H50F2O5. The van der Waals surface area contributed by atoms with Crippen LogP contribution in [0.3, 0.4) is 0 Å². The number of benzene rings is 1. The van der Waals surface area contributed by atoms with E-state index in [1.165, 1.54) is 5.56 Å². The minimum absolute atomic E-state index is 0.182. The second-order valence-corrected chi connectivity index (χ2v) is 11.8. The molecule has 0 radical (unpaired) electrons. The summed E-state index contributed by atoms with van der Waals surface area (Å²) in [5.41, 5.74) is 1.25. The number of hydrogen-bond acceptors (Lipinski definition) is 5. The van der Waals surface area contributed by atoms with Gasteiger partial charge in [0.25, 0.3) is 0 Å². The Hall–Kier alpha value is -2.18. The molecule has 0 heterocycles. The van der Waals surface area contributed by atoms with E-state index >= 15 is 0 Å². The van der Waals surface area contributed by atoms with Gasteiger partial charge in [-0.05, 0) is 107 Å². The minimum Gasteiger partial charge on any atom is -0.493 e. The predicted molar refractivity (Wildman–Crippen MR) is 153 cm³/mol. The lowest BCUT2D eigenvalue weighted by Crippen LogP contribution is -2.30. The van der Waals surface area contributed by atoms with Crippen LogP contribution >= 0.6 is 0 Å². The molecule has 0 aliphatic heterocycles. The highest BCUT2D eigenvalue weighted by Gasteiger charge is 2.29. The van der Waals surface area contributed by atoms with Crippen LogP contribution in [-0.4, -0.2) is 43.1 Å². The van der Waals surface area contributed by atoms with Crippen LogP contribution in [0.4, 0.5) is 8.78 Å². The summed E-state index contributed by atoms with van der Waals surface area (Å²) < 4.78 is 45.0. The van der Waals surface area contributed by atoms with E-state index in [1.54, 1.807) is 0 Å². The average Bonchev–Trinajstić information content (AvgIpc) is 2.97. The molecule has 226 valence electrons. The lowest BCUT2D eigenvalue weighted by atomic mass is 9.82. The molecule has 1 aromatic rings. The Kier molecular flexibility index (Phi) is 14.2. The van der Waals surface area contributed by atoms with Crippen LogP contribution in [0.5, 0.6) is 5.75 Å². The van der Waals surface area contributed by atoms with Gasteiger partial charge in [-0.2, -0.15) is 0 Å². The van der Waals surface area contributed by atoms with Crippen LogP contribution in [0.15, 0.2) is 24.3 Å². The van der Waals surface area contributed by atoms with Crippen LogP contribution in [0, 0.1) is 5.92 Å². The fraction of sp³-hybridized carbons (Fsp3) is 0.758. The molecule has 2 atom stereocenters. The molecule has 0 bridgehead atoms. The van der Waals surface area contributed by atoms with Gasteiger partial charge in [-0.1, -0.05) is 51.7 Å². The van der Waals surface area contributed by atoms with E-state index in [-0.39, 0.29) is 25.0 Å². The van der Waals surface area contributed by atoms with Crippen LogP contribution in [0.25, 0.3) is 0 Å². The van der Waals surface area contributed by atoms with Gasteiger partial charge >= 0.3 is 11.9 Å². The molecule has 7 heteroatoms. The average molecular weight is 565 g/mol. The summed E-state index contributed by atoms with van der Waals surface area (Å²) in [6, 6.07) is 8.25. The molecule has 0 saturated heterocycles. The van der Waals surface area contributed by atoms with Gasteiger partial charge in [0.1, 0.15) is 18.0 Å². The summed E-state index contributed by atoms with van der Waals surface area (Å²) in [6.07, 6.45) is 9.13. The molecule has 1 aromatic carbocycles. The highest BCUT2D eigenvalue weighted by molar-refractivity contribution is 5.75. The monoisotopic (exact) mass is 564 g/mol. The Balaban J connectivity index is 1.31. The summed E-state index contributed by atoms with van der Waals surface area (Å²) in [4.78, 5) is 24.1. The maximum absolute atomic E-state index is 14.1. The maximum Gasteiger partial charge on any atom is 0.340 e. The molecule has 0 amide bonds. The largest absolute Gasteiger partial charge is 0.493 e. The zero-order valence-electron chi connectivity index (χ0n) is 24.6. The van der Waals surface area contributed by atoms with E-state index in [9.17, 15) is 18.4 Å². The maximum atomic E-state index is 14.1. The van der Waals surface area contributed by atoms with Gasteiger partial charge in [0.15, 0.2) is 12.3 Å². The second-order valence-electron chi connectivity index (χ2n) is 11.8. The molecule has 2 aliphatic rings. The molecule has 0 aromatic heterocycles. The number of halogens is 2. The quantitative estimate of drug-likeness (QED) is 0.149. The summed E-state index contributed by atoms with van der Waals surface area (Å²) in [7, 11) is 0. The molecule has 2 aliphatic carbocycles. The van der Waals surface area contributed by atoms with E-state index in [2.05, 4.69) is 26.0 Å². The van der Waals surface area contributed by atoms with Crippen molar-refractivity contribution < 1.29 is 32.6 Å². The number of esters is 2. The van der Waals surface area contributed by atoms with Crippen molar-refractivity contribution in [2.45, 2.75) is 147 Å². The smallest absolute Gasteiger partial charge is 0.340 e. The highest BCUT2D eigenvalue weighted by Crippen LogP contribution is 2.35. The zero-order chi connectivity index (χ0) is 28.7. The molecule has 3 rings (SSSR count). The van der Waals surface area contributed by atoms with Crippen molar-refractivity contribution in [1.82, 2.24) is 0 Å². The Morgan fingerprint density at radius 3 is 1.68 bits per heavy atom. The van der Waals surface area contributed by atoms with Crippen molar-refractivity contribution in [3.63, 3.8) is 0 Å². The first-order valence-corrected chi connectivity index (χ1v) is 15.8. The van der Waals surface area contributed by atoms with Gasteiger partial charge < -0.3 is 14.2 Å². The molecular weight excluding hydrogens is 514 g/mol. The van der Waals surface area contributed by atoms with Gasteiger partial charge in [0.2, 0.25) is 0 Å². The number of unbranched alkanes of at least 4 members (excludes halogenated alkanes) is 4. The fourth-order valence-electron chi connectivity index (χ4n) is 5.84. The molecule has 40 heavy (non-hydrogen) atoms. The molecule has 2 fully saturated rings. The molecule has 0 spiro atoms. The lowest BCUT2D eigenvalue weighted by molar-refractivity contribution is -0.158. The van der Waals surface area contributed by atoms with E-state index < -0.39 is 24.3 Å². The van der Waals surface area contributed by atoms with E-state index in [0.29, 0.717) is 18.4 Å². The number of hydrogen-bond donors (Lipinski definition) is 0. The topological polar surface area (TPSA) is 61.8 Å². The summed E-state index contributed by atoms with van der Waals surface area (Å²) in [5.74, 6) is 0.250. The van der Waals surface area contributed by atoms with Crippen LogP contribution in [-0.2, 0) is 19.1 Å². The zero-order valence-corrected chi connectivity index (χ0v) is 24.6. The third-order valence-electron chi connectivity index (χ3n) is 8.50. The van der Waals surface area contributed by atoms with Gasteiger partial charge in [-0.25, -0.2) is 18.4 Å². The molecule has 1 unspecified atom stereocenters. The van der Waals surface area contributed by atoms with Crippen molar-refractivity contribution in [2.24, 2.45) is 5.92 Å². The first-order chi connectivity index (χ1) is 19.4. The van der Waals surface area contributed by atoms with E-state index in [0.717, 1.165) is 95.6 Å². The third-order valence-corrected chi connectivity index (χ3v) is 8.50. The van der Waals surface area contributed by atoms with Crippen LogP contribution in [0.1, 0.15) is 128 Å². The molecule has 5 nitrogen and oxygen atoms in total. The Bertz CT molecular complexity index is 860. The summed E-state index contributed by atoms with van der Waals surface area (Å²) in [6.45, 7) is 4.73. The number of rotatable bonds is 16. The van der Waals surface area contributed by atoms with E-state index in [1.807, 2.05) is 12.1 Å². The summed E-state index contributed by atoms with van der Waals surface area (Å²) in [5, 5.41) is 0. The van der Waals surface area contributed by atoms with E-state index in [4.69, 9.17) is 14.2 Å². The number of alkyl halides is 2. The Morgan fingerprint density at radius 1 is 0.725 bits per heavy atom. The first kappa shape index (κ1) is 32.3. The van der Waals surface area contributed by atoms with Crippen molar-refractivity contribution in [3.05, 3.63) is 29.8 Å². The minimum atomic E-state index is -1.50. The van der Waals surface area contributed by atoms with Crippen molar-refractivity contribution in [1.29, 1.82) is 0 Å². The molecule has 0 N–H and O–H groups in total. The summed E-state index contributed by atoms with van der Waals surface area (Å²) >= 11 is 0. The van der Waals surface area contributed by atoms with Crippen LogP contribution in [0.2, 0.25) is 0 Å². The number of ether oxygens (including phenoxy) is 3. The number of carbonyl (C=O) groups is 2. The van der Waals surface area contributed by atoms with Gasteiger partial charge in [-0.3, -0.25) is 0 Å². The Labute approximate surface area is 239 Å². The Morgan fingerprint density at radius 2 is 1.20 bits per heavy atom. The van der Waals surface area contributed by atoms with Crippen molar-refractivity contribution in [3.8, 4) is 5.75 Å². The lowest BCUT2D eigenvalue weighted by Gasteiger charge is -2.29. The highest BCUT2D eigenvalue weighted by atomic mass is 19.1. The molecule has 2 saturated carbocycles. The first-order valence-electron chi connectivity index (χ1n) is 15.8. The SMILES string of the molecule is CCCCCC(F)C(=O)OC1CCC(COc2ccc(C3CCC(OC(=O)[C@H](F)CCCCC)CC3)cc2)CC1. The second kappa shape index (κ2) is 17.6. The number of carbonyl (C=O) groups excluding carboxylic acids is 2. The standard InChI is InChI=1S/C33H50F2O5/c1-3-5-7-9-30(34)32(36)39-28-17-11-24(12-18-28)23-38-27-19-13-25(14-20-27)26-15-21-29(22-16-26)40-33(37)31(35)10-8-6-4-2/h13-14,19-20,24,26,28-31H,3-12,15-18,21-23H2,1-2H3/t24?,26?,28?,29?,30?,31-/m1/s1. The van der Waals surface area contributed by atoms with Crippen molar-refractivity contribution >= 4 is 11.9 Å². The van der Waals surface area contributed by atoms with Gasteiger partial charge in [-0.15, -0.1) is 0 Å². The van der Waals surface area contributed by atoms with Gasteiger partial charge in [0, 0.05) is 0 Å². The third kappa shape index (κ3) is 11.0. The normalized spacial score (nSPS) is 24.6. The fourth-order valence-corrected chi connectivity index (χ4v) is 5.84. The van der Waals surface area contributed by atoms with Crippen molar-refractivity contribution in [2.75, 3.05) is 6.61 Å². The van der Waals surface area contributed by atoms with Crippen LogP contribution < -0.4 is 4.74 Å².